The first kappa shape index (κ1) is 10.4. The van der Waals surface area contributed by atoms with Gasteiger partial charge in [0.05, 0.1) is 18.3 Å². The molecule has 1 saturated heterocycles. The molecule has 0 aromatic rings. The van der Waals surface area contributed by atoms with Gasteiger partial charge in [-0.3, -0.25) is 0 Å². The molecule has 0 amide bonds. The van der Waals surface area contributed by atoms with Crippen LogP contribution in [0.2, 0.25) is 0 Å². The van der Waals surface area contributed by atoms with Crippen LogP contribution in [0.25, 0.3) is 0 Å². The highest BCUT2D eigenvalue weighted by Gasteiger charge is 2.34. The smallest absolute Gasteiger partial charge is 0.0809 e. The predicted molar refractivity (Wildman–Crippen MR) is 55.2 cm³/mol. The van der Waals surface area contributed by atoms with Crippen molar-refractivity contribution in [3.8, 4) is 0 Å². The highest BCUT2D eigenvalue weighted by Crippen LogP contribution is 2.32. The van der Waals surface area contributed by atoms with Gasteiger partial charge in [0.1, 0.15) is 0 Å². The van der Waals surface area contributed by atoms with Crippen molar-refractivity contribution in [2.75, 3.05) is 19.8 Å². The van der Waals surface area contributed by atoms with Gasteiger partial charge in [0.25, 0.3) is 0 Å². The third-order valence-corrected chi connectivity index (χ3v) is 3.49. The van der Waals surface area contributed by atoms with Gasteiger partial charge in [0.15, 0.2) is 0 Å². The fourth-order valence-electron chi connectivity index (χ4n) is 2.47. The third kappa shape index (κ3) is 2.27. The average Bonchev–Trinajstić information content (AvgIpc) is 2.87. The van der Waals surface area contributed by atoms with E-state index in [1.165, 1.54) is 19.3 Å². The van der Waals surface area contributed by atoms with E-state index in [-0.39, 0.29) is 5.60 Å². The Hall–Kier alpha value is -0.120. The molecule has 0 aromatic heterocycles. The lowest BCUT2D eigenvalue weighted by Gasteiger charge is -2.29. The minimum Gasteiger partial charge on any atom is -0.376 e. The molecule has 0 radical (unpaired) electrons. The van der Waals surface area contributed by atoms with E-state index in [9.17, 15) is 0 Å². The Labute approximate surface area is 85.9 Å². The molecule has 2 aliphatic rings. The zero-order valence-corrected chi connectivity index (χ0v) is 8.84. The van der Waals surface area contributed by atoms with Crippen LogP contribution in [0.4, 0.5) is 0 Å². The van der Waals surface area contributed by atoms with E-state index in [1.54, 1.807) is 0 Å². The van der Waals surface area contributed by atoms with E-state index in [4.69, 9.17) is 15.2 Å². The average molecular weight is 199 g/mol. The second kappa shape index (κ2) is 4.60. The second-order valence-corrected chi connectivity index (χ2v) is 4.54. The Kier molecular flexibility index (Phi) is 3.42. The molecule has 1 heterocycles. The first-order valence-electron chi connectivity index (χ1n) is 5.80. The summed E-state index contributed by atoms with van der Waals surface area (Å²) < 4.78 is 11.5. The van der Waals surface area contributed by atoms with Crippen LogP contribution in [-0.4, -0.2) is 31.5 Å². The van der Waals surface area contributed by atoms with Gasteiger partial charge in [0, 0.05) is 13.2 Å². The van der Waals surface area contributed by atoms with Crippen molar-refractivity contribution in [1.29, 1.82) is 0 Å². The number of nitrogens with two attached hydrogens (primary N) is 1. The molecule has 1 saturated carbocycles. The van der Waals surface area contributed by atoms with Crippen molar-refractivity contribution in [2.45, 2.75) is 50.2 Å². The molecular weight excluding hydrogens is 178 g/mol. The molecular formula is C11H21NO2. The van der Waals surface area contributed by atoms with E-state index < -0.39 is 0 Å². The molecule has 1 aliphatic heterocycles. The summed E-state index contributed by atoms with van der Waals surface area (Å²) in [6.07, 6.45) is 7.47. The van der Waals surface area contributed by atoms with Gasteiger partial charge in [-0.2, -0.15) is 0 Å². The first-order valence-corrected chi connectivity index (χ1v) is 5.80. The van der Waals surface area contributed by atoms with Gasteiger partial charge in [-0.05, 0) is 25.7 Å². The molecule has 0 aromatic carbocycles. The summed E-state index contributed by atoms with van der Waals surface area (Å²) in [6, 6.07) is 0. The van der Waals surface area contributed by atoms with Crippen LogP contribution in [-0.2, 0) is 9.47 Å². The largest absolute Gasteiger partial charge is 0.376 e. The van der Waals surface area contributed by atoms with E-state index in [0.29, 0.717) is 12.6 Å². The van der Waals surface area contributed by atoms with Crippen molar-refractivity contribution in [2.24, 2.45) is 5.73 Å². The van der Waals surface area contributed by atoms with Crippen LogP contribution in [0, 0.1) is 0 Å². The van der Waals surface area contributed by atoms with Gasteiger partial charge in [-0.25, -0.2) is 0 Å². The molecule has 1 atom stereocenters. The molecule has 1 aliphatic carbocycles. The SMILES string of the molecule is NCC1(OCC2CCCO2)CCCC1. The maximum absolute atomic E-state index is 5.97. The van der Waals surface area contributed by atoms with Crippen LogP contribution in [0.15, 0.2) is 0 Å². The maximum Gasteiger partial charge on any atom is 0.0809 e. The highest BCUT2D eigenvalue weighted by molar-refractivity contribution is 4.87. The van der Waals surface area contributed by atoms with Crippen LogP contribution >= 0.6 is 0 Å². The van der Waals surface area contributed by atoms with Crippen molar-refractivity contribution < 1.29 is 9.47 Å². The number of hydrogen-bond donors (Lipinski definition) is 1. The third-order valence-electron chi connectivity index (χ3n) is 3.49. The summed E-state index contributed by atoms with van der Waals surface area (Å²) in [6.45, 7) is 2.32. The van der Waals surface area contributed by atoms with Gasteiger partial charge < -0.3 is 15.2 Å². The summed E-state index contributed by atoms with van der Waals surface area (Å²) in [5, 5.41) is 0. The molecule has 3 nitrogen and oxygen atoms in total. The molecule has 2 N–H and O–H groups in total. The van der Waals surface area contributed by atoms with Crippen molar-refractivity contribution in [3.05, 3.63) is 0 Å². The van der Waals surface area contributed by atoms with Crippen LogP contribution < -0.4 is 5.73 Å². The van der Waals surface area contributed by atoms with Gasteiger partial charge in [-0.15, -0.1) is 0 Å². The van der Waals surface area contributed by atoms with Gasteiger partial charge >= 0.3 is 0 Å². The minimum atomic E-state index is -0.00799. The van der Waals surface area contributed by atoms with Crippen LogP contribution in [0.3, 0.4) is 0 Å². The van der Waals surface area contributed by atoms with E-state index in [1.807, 2.05) is 0 Å². The number of ether oxygens (including phenoxy) is 2. The molecule has 2 fully saturated rings. The number of rotatable bonds is 4. The second-order valence-electron chi connectivity index (χ2n) is 4.54. The molecule has 0 bridgehead atoms. The molecule has 0 spiro atoms. The Bertz CT molecular complexity index is 172. The van der Waals surface area contributed by atoms with E-state index in [2.05, 4.69) is 0 Å². The number of hydrogen-bond acceptors (Lipinski definition) is 3. The quantitative estimate of drug-likeness (QED) is 0.745. The Balaban J connectivity index is 1.76. The monoisotopic (exact) mass is 199 g/mol. The lowest BCUT2D eigenvalue weighted by Crippen LogP contribution is -2.39. The van der Waals surface area contributed by atoms with Crippen molar-refractivity contribution in [1.82, 2.24) is 0 Å². The van der Waals surface area contributed by atoms with E-state index >= 15 is 0 Å². The summed E-state index contributed by atoms with van der Waals surface area (Å²) in [5.74, 6) is 0. The fourth-order valence-corrected chi connectivity index (χ4v) is 2.47. The van der Waals surface area contributed by atoms with Crippen LogP contribution in [0.1, 0.15) is 38.5 Å². The normalized spacial score (nSPS) is 31.1. The fraction of sp³-hybridized carbons (Fsp3) is 1.00. The van der Waals surface area contributed by atoms with E-state index in [0.717, 1.165) is 32.5 Å². The Morgan fingerprint density at radius 1 is 1.29 bits per heavy atom. The summed E-state index contributed by atoms with van der Waals surface area (Å²) in [4.78, 5) is 0. The minimum absolute atomic E-state index is 0.00799. The summed E-state index contributed by atoms with van der Waals surface area (Å²) in [7, 11) is 0. The summed E-state index contributed by atoms with van der Waals surface area (Å²) in [5.41, 5.74) is 5.78. The van der Waals surface area contributed by atoms with Gasteiger partial charge in [-0.1, -0.05) is 12.8 Å². The predicted octanol–water partition coefficient (Wildman–Crippen LogP) is 1.45. The van der Waals surface area contributed by atoms with Crippen molar-refractivity contribution >= 4 is 0 Å². The zero-order valence-electron chi connectivity index (χ0n) is 8.84. The molecule has 1 unspecified atom stereocenters. The molecule has 2 rings (SSSR count). The first-order chi connectivity index (χ1) is 6.85. The lowest BCUT2D eigenvalue weighted by molar-refractivity contribution is -0.0755. The van der Waals surface area contributed by atoms with Crippen molar-refractivity contribution in [3.63, 3.8) is 0 Å². The summed E-state index contributed by atoms with van der Waals surface area (Å²) >= 11 is 0. The lowest BCUT2D eigenvalue weighted by atomic mass is 10.0. The standard InChI is InChI=1S/C11H21NO2/c12-9-11(5-1-2-6-11)14-8-10-4-3-7-13-10/h10H,1-9,12H2. The molecule has 82 valence electrons. The molecule has 14 heavy (non-hydrogen) atoms. The Morgan fingerprint density at radius 2 is 2.07 bits per heavy atom. The molecule has 3 heteroatoms. The highest BCUT2D eigenvalue weighted by atomic mass is 16.5. The zero-order chi connectivity index (χ0) is 9.86. The Morgan fingerprint density at radius 3 is 2.64 bits per heavy atom. The maximum atomic E-state index is 5.97. The van der Waals surface area contributed by atoms with Gasteiger partial charge in [0.2, 0.25) is 0 Å². The topological polar surface area (TPSA) is 44.5 Å². The van der Waals surface area contributed by atoms with Crippen LogP contribution in [0.5, 0.6) is 0 Å².